The number of benzene rings is 1. The van der Waals surface area contributed by atoms with E-state index in [2.05, 4.69) is 44.6 Å². The number of nitrogens with one attached hydrogen (secondary N) is 3. The molecule has 27 heavy (non-hydrogen) atoms. The second kappa shape index (κ2) is 9.01. The van der Waals surface area contributed by atoms with Crippen molar-refractivity contribution in [2.75, 3.05) is 17.2 Å². The number of anilines is 2. The summed E-state index contributed by atoms with van der Waals surface area (Å²) in [6.07, 6.45) is 3.40. The highest BCUT2D eigenvalue weighted by molar-refractivity contribution is 8.02. The minimum Gasteiger partial charge on any atom is -0.360 e. The van der Waals surface area contributed by atoms with Gasteiger partial charge in [0.05, 0.1) is 23.5 Å². The molecule has 0 aliphatic carbocycles. The van der Waals surface area contributed by atoms with Gasteiger partial charge in [-0.3, -0.25) is 4.79 Å². The number of aromatic nitrogens is 4. The first kappa shape index (κ1) is 19.4. The molecule has 0 unspecified atom stereocenters. The van der Waals surface area contributed by atoms with Gasteiger partial charge in [0.25, 0.3) is 0 Å². The largest absolute Gasteiger partial charge is 0.360 e. The third-order valence-electron chi connectivity index (χ3n) is 3.68. The second-order valence-electron chi connectivity index (χ2n) is 6.44. The van der Waals surface area contributed by atoms with E-state index < -0.39 is 0 Å². The molecule has 0 aliphatic heterocycles. The maximum atomic E-state index is 12.4. The van der Waals surface area contributed by atoms with E-state index in [-0.39, 0.29) is 11.2 Å². The first-order valence-corrected chi connectivity index (χ1v) is 10.3. The number of H-pyrrole nitrogens is 1. The minimum atomic E-state index is -0.275. The van der Waals surface area contributed by atoms with E-state index in [1.165, 1.54) is 23.1 Å². The Bertz CT molecular complexity index is 860. The van der Waals surface area contributed by atoms with E-state index in [0.29, 0.717) is 5.92 Å². The lowest BCUT2D eigenvalue weighted by Gasteiger charge is -2.10. The summed E-state index contributed by atoms with van der Waals surface area (Å²) in [7, 11) is 0. The van der Waals surface area contributed by atoms with Crippen molar-refractivity contribution in [1.82, 2.24) is 20.2 Å². The molecule has 0 spiro atoms. The molecule has 1 aromatic carbocycles. The van der Waals surface area contributed by atoms with E-state index in [9.17, 15) is 4.79 Å². The van der Waals surface area contributed by atoms with Crippen LogP contribution in [-0.4, -0.2) is 37.9 Å². The maximum Gasteiger partial charge on any atom is 0.237 e. The molecular weight excluding hydrogens is 380 g/mol. The van der Waals surface area contributed by atoms with Gasteiger partial charge in [0.1, 0.15) is 0 Å². The van der Waals surface area contributed by atoms with Crippen LogP contribution >= 0.6 is 23.1 Å². The number of imidazole rings is 1. The van der Waals surface area contributed by atoms with Gasteiger partial charge in [0.2, 0.25) is 11.0 Å². The average molecular weight is 403 g/mol. The van der Waals surface area contributed by atoms with Crippen LogP contribution in [0.1, 0.15) is 20.8 Å². The lowest BCUT2D eigenvalue weighted by Crippen LogP contribution is -2.22. The average Bonchev–Trinajstić information content (AvgIpc) is 3.32. The van der Waals surface area contributed by atoms with Gasteiger partial charge in [-0.1, -0.05) is 49.1 Å². The second-order valence-corrected chi connectivity index (χ2v) is 9.01. The number of carbonyl (C=O) groups excluding carboxylic acids is 1. The summed E-state index contributed by atoms with van der Waals surface area (Å²) >= 11 is 2.87. The third-order valence-corrected chi connectivity index (χ3v) is 5.74. The molecule has 3 aromatic rings. The quantitative estimate of drug-likeness (QED) is 0.491. The fourth-order valence-corrected chi connectivity index (χ4v) is 4.12. The van der Waals surface area contributed by atoms with Crippen molar-refractivity contribution in [3.05, 3.63) is 36.8 Å². The lowest BCUT2D eigenvalue weighted by atomic mass is 10.1. The molecule has 0 bridgehead atoms. The van der Waals surface area contributed by atoms with Crippen LogP contribution in [0.15, 0.2) is 41.1 Å². The Hall–Kier alpha value is -2.39. The van der Waals surface area contributed by atoms with Crippen LogP contribution in [0.2, 0.25) is 0 Å². The van der Waals surface area contributed by atoms with Crippen LogP contribution in [0.25, 0.3) is 11.3 Å². The van der Waals surface area contributed by atoms with Gasteiger partial charge in [0, 0.05) is 12.2 Å². The molecule has 7 nitrogen and oxygen atoms in total. The standard InChI is InChI=1S/C18H22N6OS2/c1-11(2)8-20-17-23-24-18(27-17)26-12(3)16(25)22-14-6-4-13(5-7-14)15-9-19-10-21-15/h4-7,9-12H,8H2,1-3H3,(H,19,21)(H,20,23)(H,22,25)/t12-/m0/s1. The number of aromatic amines is 1. The van der Waals surface area contributed by atoms with Crippen molar-refractivity contribution in [3.63, 3.8) is 0 Å². The van der Waals surface area contributed by atoms with Gasteiger partial charge in [-0.25, -0.2) is 4.98 Å². The Morgan fingerprint density at radius 2 is 2.00 bits per heavy atom. The van der Waals surface area contributed by atoms with E-state index in [4.69, 9.17) is 0 Å². The van der Waals surface area contributed by atoms with Gasteiger partial charge < -0.3 is 15.6 Å². The monoisotopic (exact) mass is 402 g/mol. The molecule has 0 saturated heterocycles. The zero-order valence-corrected chi connectivity index (χ0v) is 17.0. The third kappa shape index (κ3) is 5.54. The van der Waals surface area contributed by atoms with E-state index in [1.807, 2.05) is 31.2 Å². The first-order chi connectivity index (χ1) is 13.0. The Labute approximate surface area is 166 Å². The minimum absolute atomic E-state index is 0.0684. The summed E-state index contributed by atoms with van der Waals surface area (Å²) in [6, 6.07) is 7.64. The maximum absolute atomic E-state index is 12.4. The molecule has 0 radical (unpaired) electrons. The molecule has 0 fully saturated rings. The molecule has 3 N–H and O–H groups in total. The van der Waals surface area contributed by atoms with Crippen molar-refractivity contribution < 1.29 is 4.79 Å². The van der Waals surface area contributed by atoms with Gasteiger partial charge in [0.15, 0.2) is 4.34 Å². The summed E-state index contributed by atoms with van der Waals surface area (Å²) in [5, 5.41) is 15.0. The molecule has 1 amide bonds. The SMILES string of the molecule is CC(C)CNc1nnc(S[C@@H](C)C(=O)Nc2ccc(-c3cnc[nH]3)cc2)s1. The first-order valence-electron chi connectivity index (χ1n) is 8.65. The number of thioether (sulfide) groups is 1. The molecular formula is C18H22N6OS2. The van der Waals surface area contributed by atoms with Crippen molar-refractivity contribution in [2.24, 2.45) is 5.92 Å². The predicted octanol–water partition coefficient (Wildman–Crippen LogP) is 4.12. The van der Waals surface area contributed by atoms with E-state index >= 15 is 0 Å². The van der Waals surface area contributed by atoms with E-state index in [0.717, 1.165) is 33.0 Å². The van der Waals surface area contributed by atoms with Crippen LogP contribution in [0.5, 0.6) is 0 Å². The summed E-state index contributed by atoms with van der Waals surface area (Å²) in [6.45, 7) is 6.99. The van der Waals surface area contributed by atoms with Crippen molar-refractivity contribution in [2.45, 2.75) is 30.4 Å². The van der Waals surface area contributed by atoms with Crippen LogP contribution in [0.3, 0.4) is 0 Å². The number of hydrogen-bond donors (Lipinski definition) is 3. The summed E-state index contributed by atoms with van der Waals surface area (Å²) in [5.74, 6) is 0.468. The number of rotatable bonds is 8. The highest BCUT2D eigenvalue weighted by Gasteiger charge is 2.17. The molecule has 0 aliphatic rings. The van der Waals surface area contributed by atoms with Gasteiger partial charge in [-0.05, 0) is 30.5 Å². The molecule has 2 aromatic heterocycles. The number of hydrogen-bond acceptors (Lipinski definition) is 7. The Kier molecular flexibility index (Phi) is 6.46. The van der Waals surface area contributed by atoms with Gasteiger partial charge >= 0.3 is 0 Å². The van der Waals surface area contributed by atoms with Crippen molar-refractivity contribution in [3.8, 4) is 11.3 Å². The van der Waals surface area contributed by atoms with Crippen LogP contribution in [0, 0.1) is 5.92 Å². The molecule has 142 valence electrons. The smallest absolute Gasteiger partial charge is 0.237 e. The fourth-order valence-electron chi connectivity index (χ4n) is 2.22. The van der Waals surface area contributed by atoms with Crippen LogP contribution in [0.4, 0.5) is 10.8 Å². The van der Waals surface area contributed by atoms with Crippen molar-refractivity contribution >= 4 is 39.8 Å². The highest BCUT2D eigenvalue weighted by atomic mass is 32.2. The van der Waals surface area contributed by atoms with Gasteiger partial charge in [-0.2, -0.15) is 0 Å². The lowest BCUT2D eigenvalue weighted by molar-refractivity contribution is -0.115. The number of amides is 1. The Morgan fingerprint density at radius 1 is 1.22 bits per heavy atom. The predicted molar refractivity (Wildman–Crippen MR) is 111 cm³/mol. The number of nitrogens with zero attached hydrogens (tertiary/aromatic N) is 3. The van der Waals surface area contributed by atoms with Crippen molar-refractivity contribution in [1.29, 1.82) is 0 Å². The Morgan fingerprint density at radius 3 is 2.67 bits per heavy atom. The van der Waals surface area contributed by atoms with Crippen LogP contribution in [-0.2, 0) is 4.79 Å². The van der Waals surface area contributed by atoms with Gasteiger partial charge in [-0.15, -0.1) is 10.2 Å². The summed E-state index contributed by atoms with van der Waals surface area (Å²) in [5.41, 5.74) is 2.71. The Balaban J connectivity index is 1.53. The molecule has 9 heteroatoms. The topological polar surface area (TPSA) is 95.6 Å². The molecule has 3 rings (SSSR count). The zero-order valence-electron chi connectivity index (χ0n) is 15.4. The summed E-state index contributed by atoms with van der Waals surface area (Å²) < 4.78 is 0.776. The summed E-state index contributed by atoms with van der Waals surface area (Å²) in [4.78, 5) is 19.5. The molecule has 2 heterocycles. The fraction of sp³-hybridized carbons (Fsp3) is 0.333. The van der Waals surface area contributed by atoms with E-state index in [1.54, 1.807) is 12.5 Å². The molecule has 1 atom stereocenters. The molecule has 0 saturated carbocycles. The highest BCUT2D eigenvalue weighted by Crippen LogP contribution is 2.29. The number of carbonyl (C=O) groups is 1. The normalized spacial score (nSPS) is 12.1. The van der Waals surface area contributed by atoms with Crippen LogP contribution < -0.4 is 10.6 Å². The zero-order chi connectivity index (χ0) is 19.2.